The number of nitrogens with two attached hydrogens (primary N) is 1. The number of hydrogen-bond donors (Lipinski definition) is 3. The van der Waals surface area contributed by atoms with Crippen LogP contribution in [0.4, 0.5) is 4.79 Å². The fraction of sp³-hybridized carbons (Fsp3) is 0.233. The molecule has 0 unspecified atom stereocenters. The number of aromatic amines is 1. The molecule has 212 valence electrons. The molecule has 0 aliphatic heterocycles. The van der Waals surface area contributed by atoms with Gasteiger partial charge in [-0.2, -0.15) is 0 Å². The lowest BCUT2D eigenvalue weighted by Crippen LogP contribution is -2.42. The number of para-hydroxylation sites is 1. The SMILES string of the molecule is COC(=O)N[C@@H](CC/C=C/C(N)=O)C(=O)Cc1cccn(Cc2nc3c(OCc4ccccc4)cccc3[nH]2)c1=O. The maximum Gasteiger partial charge on any atom is 0.407 e. The minimum absolute atomic E-state index is 0.148. The molecule has 1 atom stereocenters. The predicted octanol–water partition coefficient (Wildman–Crippen LogP) is 3.01. The quantitative estimate of drug-likeness (QED) is 0.213. The minimum Gasteiger partial charge on any atom is -0.487 e. The Hall–Kier alpha value is -5.19. The molecule has 2 amide bonds. The number of methoxy groups -OCH3 is 1. The highest BCUT2D eigenvalue weighted by Gasteiger charge is 2.22. The van der Waals surface area contributed by atoms with Gasteiger partial charge in [0.1, 0.15) is 23.7 Å². The number of carbonyl (C=O) groups excluding carboxylic acids is 3. The van der Waals surface area contributed by atoms with Crippen LogP contribution in [0.1, 0.15) is 29.8 Å². The Balaban J connectivity index is 1.48. The zero-order valence-corrected chi connectivity index (χ0v) is 22.5. The molecule has 0 aliphatic rings. The number of ketones is 1. The number of rotatable bonds is 13. The molecule has 0 aliphatic carbocycles. The van der Waals surface area contributed by atoms with E-state index < -0.39 is 18.0 Å². The molecular formula is C30H31N5O6. The number of amides is 2. The van der Waals surface area contributed by atoms with Crippen molar-refractivity contribution in [2.75, 3.05) is 7.11 Å². The number of nitrogens with zero attached hydrogens (tertiary/aromatic N) is 2. The van der Waals surface area contributed by atoms with E-state index in [-0.39, 0.29) is 36.3 Å². The van der Waals surface area contributed by atoms with Gasteiger partial charge in [0.15, 0.2) is 5.78 Å². The zero-order chi connectivity index (χ0) is 29.2. The lowest BCUT2D eigenvalue weighted by Gasteiger charge is -2.16. The third kappa shape index (κ3) is 7.91. The summed E-state index contributed by atoms with van der Waals surface area (Å²) in [7, 11) is 1.19. The molecule has 2 heterocycles. The number of pyridine rings is 1. The largest absolute Gasteiger partial charge is 0.487 e. The first kappa shape index (κ1) is 28.8. The molecule has 0 fully saturated rings. The Morgan fingerprint density at radius 3 is 2.66 bits per heavy atom. The molecule has 0 saturated heterocycles. The first-order valence-corrected chi connectivity index (χ1v) is 13.0. The van der Waals surface area contributed by atoms with Crippen molar-refractivity contribution in [1.29, 1.82) is 0 Å². The molecule has 0 bridgehead atoms. The Bertz CT molecular complexity index is 1610. The summed E-state index contributed by atoms with van der Waals surface area (Å²) < 4.78 is 12.1. The standard InChI is InChI=1S/C30H31N5O6/c1-40-30(39)33-22(12-5-6-15-26(31)37)24(36)17-21-11-8-16-35(29(21)38)18-27-32-23-13-7-14-25(28(23)34-27)41-19-20-9-3-2-4-10-20/h2-4,6-11,13-16,22H,5,12,17-19H2,1H3,(H2,31,37)(H,32,34)(H,33,39)/b15-6+/t22-/m0/s1. The highest BCUT2D eigenvalue weighted by molar-refractivity contribution is 5.89. The fourth-order valence-electron chi connectivity index (χ4n) is 4.28. The van der Waals surface area contributed by atoms with Crippen molar-refractivity contribution in [3.63, 3.8) is 0 Å². The van der Waals surface area contributed by atoms with Crippen LogP contribution in [0.5, 0.6) is 5.75 Å². The second-order valence-electron chi connectivity index (χ2n) is 9.29. The molecule has 11 heteroatoms. The van der Waals surface area contributed by atoms with Crippen LogP contribution >= 0.6 is 0 Å². The van der Waals surface area contributed by atoms with Crippen LogP contribution in [0.25, 0.3) is 11.0 Å². The molecule has 0 saturated carbocycles. The summed E-state index contributed by atoms with van der Waals surface area (Å²) >= 11 is 0. The Morgan fingerprint density at radius 1 is 1.10 bits per heavy atom. The number of allylic oxidation sites excluding steroid dienone is 1. The molecule has 0 spiro atoms. The molecule has 0 radical (unpaired) electrons. The van der Waals surface area contributed by atoms with Crippen molar-refractivity contribution in [1.82, 2.24) is 19.9 Å². The van der Waals surface area contributed by atoms with Gasteiger partial charge in [-0.15, -0.1) is 0 Å². The van der Waals surface area contributed by atoms with Crippen LogP contribution in [-0.2, 0) is 33.9 Å². The predicted molar refractivity (Wildman–Crippen MR) is 152 cm³/mol. The van der Waals surface area contributed by atoms with Gasteiger partial charge in [0.2, 0.25) is 5.91 Å². The lowest BCUT2D eigenvalue weighted by atomic mass is 10.0. The van der Waals surface area contributed by atoms with Gasteiger partial charge in [0.05, 0.1) is 25.2 Å². The summed E-state index contributed by atoms with van der Waals surface area (Å²) in [5, 5.41) is 2.49. The van der Waals surface area contributed by atoms with Crippen LogP contribution in [0, 0.1) is 0 Å². The molecule has 2 aromatic heterocycles. The number of carbonyl (C=O) groups is 3. The number of fused-ring (bicyclic) bond motifs is 1. The maximum absolute atomic E-state index is 13.3. The number of ether oxygens (including phenoxy) is 2. The average molecular weight is 558 g/mol. The number of benzene rings is 2. The van der Waals surface area contributed by atoms with Crippen LogP contribution in [0.3, 0.4) is 0 Å². The van der Waals surface area contributed by atoms with E-state index >= 15 is 0 Å². The van der Waals surface area contributed by atoms with Gasteiger partial charge in [0, 0.05) is 18.2 Å². The van der Waals surface area contributed by atoms with E-state index in [1.807, 2.05) is 48.5 Å². The molecular weight excluding hydrogens is 526 g/mol. The van der Waals surface area contributed by atoms with Gasteiger partial charge < -0.3 is 30.1 Å². The number of imidazole rings is 1. The molecule has 4 rings (SSSR count). The molecule has 11 nitrogen and oxygen atoms in total. The summed E-state index contributed by atoms with van der Waals surface area (Å²) in [5.41, 5.74) is 7.46. The second kappa shape index (κ2) is 13.7. The van der Waals surface area contributed by atoms with E-state index in [1.54, 1.807) is 18.3 Å². The van der Waals surface area contributed by atoms with E-state index in [1.165, 1.54) is 23.8 Å². The van der Waals surface area contributed by atoms with Crippen LogP contribution in [0.2, 0.25) is 0 Å². The normalized spacial score (nSPS) is 11.8. The number of primary amides is 1. The van der Waals surface area contributed by atoms with Crippen molar-refractivity contribution in [2.45, 2.75) is 38.5 Å². The van der Waals surface area contributed by atoms with Gasteiger partial charge in [-0.1, -0.05) is 48.5 Å². The smallest absolute Gasteiger partial charge is 0.407 e. The second-order valence-corrected chi connectivity index (χ2v) is 9.29. The number of H-pyrrole nitrogens is 1. The minimum atomic E-state index is -0.919. The highest BCUT2D eigenvalue weighted by atomic mass is 16.5. The molecule has 4 aromatic rings. The van der Waals surface area contributed by atoms with Gasteiger partial charge in [0.25, 0.3) is 5.56 Å². The van der Waals surface area contributed by atoms with Crippen LogP contribution < -0.4 is 21.3 Å². The van der Waals surface area contributed by atoms with Crippen molar-refractivity contribution in [3.05, 3.63) is 106 Å². The van der Waals surface area contributed by atoms with E-state index in [0.29, 0.717) is 30.1 Å². The number of hydrogen-bond acceptors (Lipinski definition) is 7. The topological polar surface area (TPSA) is 158 Å². The number of Topliss-reactive ketones (excluding diaryl/α,β-unsaturated/α-hetero) is 1. The van der Waals surface area contributed by atoms with Gasteiger partial charge in [-0.05, 0) is 42.7 Å². The molecule has 41 heavy (non-hydrogen) atoms. The third-order valence-corrected chi connectivity index (χ3v) is 6.32. The third-order valence-electron chi connectivity index (χ3n) is 6.32. The fourth-order valence-corrected chi connectivity index (χ4v) is 4.28. The summed E-state index contributed by atoms with van der Waals surface area (Å²) in [6, 6.07) is 17.7. The van der Waals surface area contributed by atoms with Crippen LogP contribution in [-0.4, -0.2) is 45.5 Å². The van der Waals surface area contributed by atoms with Crippen molar-refractivity contribution in [2.24, 2.45) is 5.73 Å². The lowest BCUT2D eigenvalue weighted by molar-refractivity contribution is -0.120. The van der Waals surface area contributed by atoms with Crippen molar-refractivity contribution >= 4 is 28.8 Å². The monoisotopic (exact) mass is 557 g/mol. The molecule has 2 aromatic carbocycles. The number of nitrogens with one attached hydrogen (secondary N) is 2. The number of alkyl carbamates (subject to hydrolysis) is 1. The van der Waals surface area contributed by atoms with E-state index in [9.17, 15) is 19.2 Å². The van der Waals surface area contributed by atoms with Gasteiger partial charge in [-0.25, -0.2) is 9.78 Å². The van der Waals surface area contributed by atoms with Crippen molar-refractivity contribution in [3.8, 4) is 5.75 Å². The summed E-state index contributed by atoms with van der Waals surface area (Å²) in [6.07, 6.45) is 3.86. The summed E-state index contributed by atoms with van der Waals surface area (Å²) in [5.74, 6) is 0.184. The van der Waals surface area contributed by atoms with Gasteiger partial charge in [-0.3, -0.25) is 14.4 Å². The van der Waals surface area contributed by atoms with E-state index in [4.69, 9.17) is 10.5 Å². The van der Waals surface area contributed by atoms with Crippen molar-refractivity contribution < 1.29 is 23.9 Å². The first-order valence-electron chi connectivity index (χ1n) is 13.0. The Labute approximate surface area is 236 Å². The van der Waals surface area contributed by atoms with Gasteiger partial charge >= 0.3 is 6.09 Å². The highest BCUT2D eigenvalue weighted by Crippen LogP contribution is 2.24. The van der Waals surface area contributed by atoms with E-state index in [0.717, 1.165) is 11.1 Å². The Morgan fingerprint density at radius 2 is 1.90 bits per heavy atom. The Kier molecular flexibility index (Phi) is 9.66. The van der Waals surface area contributed by atoms with Crippen LogP contribution in [0.15, 0.2) is 83.8 Å². The van der Waals surface area contributed by atoms with E-state index in [2.05, 4.69) is 20.0 Å². The maximum atomic E-state index is 13.3. The summed E-state index contributed by atoms with van der Waals surface area (Å²) in [6.45, 7) is 0.542. The average Bonchev–Trinajstić information content (AvgIpc) is 3.39. The number of aromatic nitrogens is 3. The molecule has 4 N–H and O–H groups in total. The first-order chi connectivity index (χ1) is 19.8. The summed E-state index contributed by atoms with van der Waals surface area (Å²) in [4.78, 5) is 56.9. The zero-order valence-electron chi connectivity index (χ0n) is 22.5.